The van der Waals surface area contributed by atoms with Gasteiger partial charge in [0.25, 0.3) is 0 Å². The lowest BCUT2D eigenvalue weighted by atomic mass is 10.3. The molecule has 4 heteroatoms. The summed E-state index contributed by atoms with van der Waals surface area (Å²) in [5.41, 5.74) is 3.08. The maximum absolute atomic E-state index is 3.08. The monoisotopic (exact) mass is 152 g/mol. The topological polar surface area (TPSA) is 24.1 Å². The zero-order valence-electron chi connectivity index (χ0n) is 5.20. The molecule has 2 atom stereocenters. The molecular weight excluding hydrogens is 138 g/mol. The van der Waals surface area contributed by atoms with Crippen LogP contribution in [0.3, 0.4) is 0 Å². The molecule has 0 aliphatic rings. The van der Waals surface area contributed by atoms with Crippen LogP contribution in [0.4, 0.5) is 0 Å². The predicted molar refractivity (Wildman–Crippen MR) is 44.1 cm³/mol. The Bertz CT molecular complexity index is 37.0. The van der Waals surface area contributed by atoms with Crippen LogP contribution in [0.25, 0.3) is 0 Å². The average Bonchev–Trinajstić information content (AvgIpc) is 1.81. The smallest absolute Gasteiger partial charge is 0.0103 e. The van der Waals surface area contributed by atoms with Gasteiger partial charge in [0.2, 0.25) is 0 Å². The summed E-state index contributed by atoms with van der Waals surface area (Å²) >= 11 is 0. The van der Waals surface area contributed by atoms with Gasteiger partial charge in [0.1, 0.15) is 0 Å². The fourth-order valence-corrected chi connectivity index (χ4v) is 0.912. The Balaban J connectivity index is 2.53. The molecule has 0 bridgehead atoms. The Morgan fingerprint density at radius 3 is 2.88 bits per heavy atom. The van der Waals surface area contributed by atoms with Gasteiger partial charge in [0, 0.05) is 6.54 Å². The SMILES string of the molecule is CCCCNNPP. The number of hydrogen-bond acceptors (Lipinski definition) is 2. The Morgan fingerprint density at radius 2 is 2.38 bits per heavy atom. The fraction of sp³-hybridized carbons (Fsp3) is 1.00. The third-order valence-electron chi connectivity index (χ3n) is 0.816. The lowest BCUT2D eigenvalue weighted by Gasteiger charge is -2.00. The first kappa shape index (κ1) is 8.78. The molecular formula is C4H14N2P2. The number of unbranched alkanes of at least 4 members (excludes halogenated alkanes) is 1. The minimum Gasteiger partial charge on any atom is -0.254 e. The molecule has 0 spiro atoms. The third-order valence-corrected chi connectivity index (χ3v) is 1.57. The highest BCUT2D eigenvalue weighted by Gasteiger charge is 1.79. The maximum Gasteiger partial charge on any atom is 0.0103 e. The third kappa shape index (κ3) is 6.78. The van der Waals surface area contributed by atoms with Crippen molar-refractivity contribution in [3.05, 3.63) is 0 Å². The van der Waals surface area contributed by atoms with E-state index in [1.165, 1.54) is 12.8 Å². The first-order valence-electron chi connectivity index (χ1n) is 2.85. The van der Waals surface area contributed by atoms with E-state index >= 15 is 0 Å². The van der Waals surface area contributed by atoms with Crippen LogP contribution >= 0.6 is 17.3 Å². The zero-order valence-corrected chi connectivity index (χ0v) is 7.35. The number of nitrogens with one attached hydrogen (secondary N) is 2. The average molecular weight is 152 g/mol. The second kappa shape index (κ2) is 7.78. The fourth-order valence-electron chi connectivity index (χ4n) is 0.379. The van der Waals surface area contributed by atoms with Crippen LogP contribution in [0.2, 0.25) is 0 Å². The van der Waals surface area contributed by atoms with E-state index in [0.717, 1.165) is 15.0 Å². The van der Waals surface area contributed by atoms with Crippen molar-refractivity contribution < 1.29 is 0 Å². The second-order valence-electron chi connectivity index (χ2n) is 1.55. The quantitative estimate of drug-likeness (QED) is 0.352. The van der Waals surface area contributed by atoms with E-state index in [0.29, 0.717) is 0 Å². The molecule has 0 aliphatic heterocycles. The summed E-state index contributed by atoms with van der Waals surface area (Å²) < 4.78 is 0. The molecule has 0 aromatic rings. The highest BCUT2D eigenvalue weighted by Crippen LogP contribution is 2.10. The maximum atomic E-state index is 3.08. The van der Waals surface area contributed by atoms with Crippen molar-refractivity contribution >= 4 is 17.3 Å². The molecule has 0 radical (unpaired) electrons. The van der Waals surface area contributed by atoms with Crippen molar-refractivity contribution in [2.24, 2.45) is 0 Å². The number of hydrazine groups is 1. The summed E-state index contributed by atoms with van der Waals surface area (Å²) in [6, 6.07) is 0. The van der Waals surface area contributed by atoms with E-state index in [-0.39, 0.29) is 0 Å². The van der Waals surface area contributed by atoms with E-state index in [1.54, 1.807) is 0 Å². The summed E-state index contributed by atoms with van der Waals surface area (Å²) in [5, 5.41) is 3.02. The largest absolute Gasteiger partial charge is 0.254 e. The van der Waals surface area contributed by atoms with Crippen molar-refractivity contribution in [2.45, 2.75) is 19.8 Å². The van der Waals surface area contributed by atoms with Crippen molar-refractivity contribution in [1.82, 2.24) is 10.6 Å². The minimum atomic E-state index is 0.725. The molecule has 2 N–H and O–H groups in total. The molecule has 0 rings (SSSR count). The zero-order chi connectivity index (χ0) is 6.24. The lowest BCUT2D eigenvalue weighted by molar-refractivity contribution is 0.634. The lowest BCUT2D eigenvalue weighted by Crippen LogP contribution is -2.23. The molecule has 50 valence electrons. The van der Waals surface area contributed by atoms with Crippen molar-refractivity contribution in [3.8, 4) is 0 Å². The van der Waals surface area contributed by atoms with Gasteiger partial charge in [0.15, 0.2) is 0 Å². The van der Waals surface area contributed by atoms with Gasteiger partial charge in [0.05, 0.1) is 0 Å². The Labute approximate surface area is 55.1 Å². The summed E-state index contributed by atoms with van der Waals surface area (Å²) in [5.74, 6) is 0. The van der Waals surface area contributed by atoms with Crippen molar-refractivity contribution in [3.63, 3.8) is 0 Å². The van der Waals surface area contributed by atoms with E-state index < -0.39 is 0 Å². The molecule has 2 nitrogen and oxygen atoms in total. The van der Waals surface area contributed by atoms with Crippen molar-refractivity contribution in [2.75, 3.05) is 6.54 Å². The highest BCUT2D eigenvalue weighted by atomic mass is 32.0. The van der Waals surface area contributed by atoms with E-state index in [9.17, 15) is 0 Å². The first-order chi connectivity index (χ1) is 3.91. The van der Waals surface area contributed by atoms with Gasteiger partial charge in [-0.05, 0) is 14.8 Å². The molecule has 0 aliphatic carbocycles. The van der Waals surface area contributed by atoms with Gasteiger partial charge in [-0.1, -0.05) is 22.3 Å². The van der Waals surface area contributed by atoms with Crippen LogP contribution in [-0.4, -0.2) is 6.54 Å². The van der Waals surface area contributed by atoms with Crippen LogP contribution in [0.15, 0.2) is 0 Å². The minimum absolute atomic E-state index is 0.725. The molecule has 0 aromatic carbocycles. The predicted octanol–water partition coefficient (Wildman–Crippen LogP) is 1.26. The Morgan fingerprint density at radius 1 is 1.62 bits per heavy atom. The van der Waals surface area contributed by atoms with Gasteiger partial charge in [-0.3, -0.25) is 5.43 Å². The molecule has 0 saturated heterocycles. The van der Waals surface area contributed by atoms with Crippen LogP contribution < -0.4 is 10.6 Å². The van der Waals surface area contributed by atoms with Crippen LogP contribution in [0.5, 0.6) is 0 Å². The first-order valence-corrected chi connectivity index (χ1v) is 5.66. The molecule has 2 unspecified atom stereocenters. The van der Waals surface area contributed by atoms with E-state index in [2.05, 4.69) is 26.5 Å². The molecule has 8 heavy (non-hydrogen) atoms. The van der Waals surface area contributed by atoms with Gasteiger partial charge in [-0.15, -0.1) is 0 Å². The molecule has 0 saturated carbocycles. The summed E-state index contributed by atoms with van der Waals surface area (Å²) in [7, 11) is 3.34. The highest BCUT2D eigenvalue weighted by molar-refractivity contribution is 8.01. The van der Waals surface area contributed by atoms with Gasteiger partial charge in [-0.25, -0.2) is 5.20 Å². The standard InChI is InChI=1S/C4H14N2P2/c1-2-3-4-5-6-8-7/h5-6,8H,2-4,7H2,1H3. The molecule has 0 amide bonds. The van der Waals surface area contributed by atoms with Crippen molar-refractivity contribution in [1.29, 1.82) is 0 Å². The summed E-state index contributed by atoms with van der Waals surface area (Å²) in [4.78, 5) is 0. The Hall–Kier alpha value is 0.780. The molecule has 0 aromatic heterocycles. The van der Waals surface area contributed by atoms with Crippen LogP contribution in [0, 0.1) is 0 Å². The van der Waals surface area contributed by atoms with Gasteiger partial charge >= 0.3 is 0 Å². The summed E-state index contributed by atoms with van der Waals surface area (Å²) in [6.45, 7) is 3.27. The second-order valence-corrected chi connectivity index (χ2v) is 2.95. The normalized spacial score (nSPS) is 11.2. The van der Waals surface area contributed by atoms with E-state index in [4.69, 9.17) is 0 Å². The Kier molecular flexibility index (Phi) is 8.54. The van der Waals surface area contributed by atoms with Crippen LogP contribution in [-0.2, 0) is 0 Å². The molecule has 0 fully saturated rings. The van der Waals surface area contributed by atoms with E-state index in [1.807, 2.05) is 0 Å². The number of rotatable bonds is 5. The van der Waals surface area contributed by atoms with Crippen LogP contribution in [0.1, 0.15) is 19.8 Å². The summed E-state index contributed by atoms with van der Waals surface area (Å²) in [6.07, 6.45) is 2.51. The van der Waals surface area contributed by atoms with Gasteiger partial charge in [-0.2, -0.15) is 0 Å². The molecule has 0 heterocycles. The van der Waals surface area contributed by atoms with Gasteiger partial charge < -0.3 is 0 Å². The number of hydrogen-bond donors (Lipinski definition) is 2.